The van der Waals surface area contributed by atoms with Gasteiger partial charge in [-0.15, -0.1) is 0 Å². The van der Waals surface area contributed by atoms with Crippen LogP contribution in [-0.2, 0) is 17.8 Å². The van der Waals surface area contributed by atoms with Gasteiger partial charge in [0.2, 0.25) is 0 Å². The Morgan fingerprint density at radius 1 is 0.875 bits per heavy atom. The van der Waals surface area contributed by atoms with Crippen molar-refractivity contribution >= 4 is 17.7 Å². The van der Waals surface area contributed by atoms with E-state index in [1.54, 1.807) is 0 Å². The van der Waals surface area contributed by atoms with Gasteiger partial charge in [-0.1, -0.05) is 60.7 Å². The van der Waals surface area contributed by atoms with E-state index >= 15 is 0 Å². The summed E-state index contributed by atoms with van der Waals surface area (Å²) >= 11 is 0. The number of anilines is 1. The van der Waals surface area contributed by atoms with E-state index in [9.17, 15) is 28.2 Å². The number of amides is 2. The first-order valence-corrected chi connectivity index (χ1v) is 12.2. The molecule has 2 amide bonds. The van der Waals surface area contributed by atoms with Crippen molar-refractivity contribution in [3.05, 3.63) is 96.1 Å². The zero-order valence-electron chi connectivity index (χ0n) is 21.5. The number of urea groups is 1. The van der Waals surface area contributed by atoms with Crippen molar-refractivity contribution in [2.45, 2.75) is 31.3 Å². The maximum Gasteiger partial charge on any atom is 0.490 e. The molecule has 216 valence electrons. The fourth-order valence-corrected chi connectivity index (χ4v) is 3.23. The zero-order valence-corrected chi connectivity index (χ0v) is 21.5. The molecule has 0 unspecified atom stereocenters. The van der Waals surface area contributed by atoms with Crippen LogP contribution in [0.2, 0.25) is 0 Å². The lowest BCUT2D eigenvalue weighted by molar-refractivity contribution is -0.192. The molecule has 0 heterocycles. The monoisotopic (exact) mass is 563 g/mol. The van der Waals surface area contributed by atoms with Crippen molar-refractivity contribution in [1.82, 2.24) is 10.6 Å². The van der Waals surface area contributed by atoms with Crippen molar-refractivity contribution in [3.8, 4) is 5.75 Å². The van der Waals surface area contributed by atoms with Crippen LogP contribution in [0.3, 0.4) is 0 Å². The molecule has 40 heavy (non-hydrogen) atoms. The van der Waals surface area contributed by atoms with Crippen LogP contribution < -0.4 is 20.7 Å². The number of alkyl halides is 3. The van der Waals surface area contributed by atoms with Gasteiger partial charge in [0, 0.05) is 24.8 Å². The van der Waals surface area contributed by atoms with Crippen molar-refractivity contribution in [1.29, 1.82) is 0 Å². The Kier molecular flexibility index (Phi) is 13.4. The number of carboxylic acids is 1. The van der Waals surface area contributed by atoms with Crippen LogP contribution in [0.15, 0.2) is 84.9 Å². The summed E-state index contributed by atoms with van der Waals surface area (Å²) in [5, 5.41) is 35.8. The molecule has 2 atom stereocenters. The van der Waals surface area contributed by atoms with Crippen LogP contribution in [0, 0.1) is 0 Å². The van der Waals surface area contributed by atoms with E-state index in [0.717, 1.165) is 11.1 Å². The van der Waals surface area contributed by atoms with Crippen molar-refractivity contribution in [3.63, 3.8) is 0 Å². The van der Waals surface area contributed by atoms with Gasteiger partial charge < -0.3 is 36.0 Å². The van der Waals surface area contributed by atoms with E-state index < -0.39 is 18.2 Å². The largest absolute Gasteiger partial charge is 0.491 e. The lowest BCUT2D eigenvalue weighted by Crippen LogP contribution is -2.41. The number of para-hydroxylation sites is 1. The standard InChI is InChI=1S/C26H31N3O4.C2HF3O2/c30-18-23(27-17-24(31)19-33-25-9-5-2-6-10-25)15-20-11-13-22(14-12-20)29-26(32)28-16-21-7-3-1-4-8-21;3-2(4,5)1(6)7/h1-14,23-24,27,30-31H,15-19H2,(H2,28,29,32);(H,6,7)/t23-,24-;/m0./s1. The summed E-state index contributed by atoms with van der Waals surface area (Å²) in [4.78, 5) is 21.0. The third-order valence-corrected chi connectivity index (χ3v) is 5.28. The number of benzene rings is 3. The third kappa shape index (κ3) is 13.1. The van der Waals surface area contributed by atoms with E-state index in [-0.39, 0.29) is 25.3 Å². The quantitative estimate of drug-likeness (QED) is 0.198. The number of aliphatic hydroxyl groups is 2. The minimum absolute atomic E-state index is 0.0614. The molecule has 0 aromatic heterocycles. The first kappa shape index (κ1) is 32.1. The summed E-state index contributed by atoms with van der Waals surface area (Å²) < 4.78 is 37.3. The summed E-state index contributed by atoms with van der Waals surface area (Å²) in [7, 11) is 0. The molecule has 0 saturated heterocycles. The lowest BCUT2D eigenvalue weighted by atomic mass is 10.1. The van der Waals surface area contributed by atoms with Gasteiger partial charge in [-0.2, -0.15) is 13.2 Å². The van der Waals surface area contributed by atoms with Gasteiger partial charge in [0.15, 0.2) is 0 Å². The molecular weight excluding hydrogens is 531 g/mol. The average Bonchev–Trinajstić information content (AvgIpc) is 2.95. The second-order valence-electron chi connectivity index (χ2n) is 8.56. The van der Waals surface area contributed by atoms with Gasteiger partial charge >= 0.3 is 18.2 Å². The Morgan fingerprint density at radius 2 is 1.45 bits per heavy atom. The molecule has 0 radical (unpaired) electrons. The maximum atomic E-state index is 12.1. The summed E-state index contributed by atoms with van der Waals surface area (Å²) in [5.41, 5.74) is 2.72. The molecule has 0 saturated carbocycles. The van der Waals surface area contributed by atoms with Crippen LogP contribution in [0.1, 0.15) is 11.1 Å². The van der Waals surface area contributed by atoms with Gasteiger partial charge in [-0.05, 0) is 41.8 Å². The molecule has 3 aromatic rings. The minimum Gasteiger partial charge on any atom is -0.491 e. The predicted molar refractivity (Wildman–Crippen MR) is 143 cm³/mol. The summed E-state index contributed by atoms with van der Waals surface area (Å²) in [6, 6.07) is 26.0. The van der Waals surface area contributed by atoms with Crippen LogP contribution >= 0.6 is 0 Å². The number of nitrogens with one attached hydrogen (secondary N) is 3. The number of ether oxygens (including phenoxy) is 1. The molecule has 0 aliphatic carbocycles. The number of rotatable bonds is 12. The molecule has 0 spiro atoms. The van der Waals surface area contributed by atoms with E-state index in [1.165, 1.54) is 0 Å². The normalized spacial score (nSPS) is 12.3. The first-order valence-electron chi connectivity index (χ1n) is 12.2. The Hall–Kier alpha value is -4.13. The van der Waals surface area contributed by atoms with Crippen LogP contribution in [0.4, 0.5) is 23.7 Å². The van der Waals surface area contributed by atoms with Gasteiger partial charge in [-0.3, -0.25) is 0 Å². The SMILES string of the molecule is O=C(NCc1ccccc1)Nc1ccc(C[C@@H](CO)NC[C@H](O)COc2ccccc2)cc1.O=C(O)C(F)(F)F. The maximum absolute atomic E-state index is 12.1. The van der Waals surface area contributed by atoms with Crippen molar-refractivity contribution in [2.24, 2.45) is 0 Å². The molecule has 3 rings (SSSR count). The fraction of sp³-hybridized carbons (Fsp3) is 0.286. The number of carbonyl (C=O) groups is 2. The van der Waals surface area contributed by atoms with Gasteiger partial charge in [0.1, 0.15) is 18.5 Å². The summed E-state index contributed by atoms with van der Waals surface area (Å²) in [6.45, 7) is 0.867. The minimum atomic E-state index is -5.08. The van der Waals surface area contributed by atoms with Crippen LogP contribution in [0.25, 0.3) is 0 Å². The summed E-state index contributed by atoms with van der Waals surface area (Å²) in [6.07, 6.45) is -5.19. The van der Waals surface area contributed by atoms with Crippen LogP contribution in [0.5, 0.6) is 5.75 Å². The number of hydrogen-bond acceptors (Lipinski definition) is 6. The van der Waals surface area contributed by atoms with Gasteiger partial charge in [0.25, 0.3) is 0 Å². The average molecular weight is 564 g/mol. The third-order valence-electron chi connectivity index (χ3n) is 5.28. The number of aliphatic hydroxyl groups excluding tert-OH is 2. The Bertz CT molecular complexity index is 1150. The van der Waals surface area contributed by atoms with Gasteiger partial charge in [-0.25, -0.2) is 9.59 Å². The van der Waals surface area contributed by atoms with E-state index in [2.05, 4.69) is 16.0 Å². The van der Waals surface area contributed by atoms with Gasteiger partial charge in [0.05, 0.1) is 6.61 Å². The topological polar surface area (TPSA) is 140 Å². The lowest BCUT2D eigenvalue weighted by Gasteiger charge is -2.19. The smallest absolute Gasteiger partial charge is 0.490 e. The van der Waals surface area contributed by atoms with Crippen molar-refractivity contribution in [2.75, 3.05) is 25.1 Å². The second-order valence-corrected chi connectivity index (χ2v) is 8.56. The zero-order chi connectivity index (χ0) is 29.4. The Labute approximate surface area is 229 Å². The molecule has 9 nitrogen and oxygen atoms in total. The number of carbonyl (C=O) groups excluding carboxylic acids is 1. The molecule has 0 fully saturated rings. The Morgan fingerprint density at radius 3 is 2.00 bits per heavy atom. The van der Waals surface area contributed by atoms with Crippen LogP contribution in [-0.4, -0.2) is 65.4 Å². The molecule has 0 aliphatic rings. The molecule has 3 aromatic carbocycles. The summed E-state index contributed by atoms with van der Waals surface area (Å²) in [5.74, 6) is -2.05. The van der Waals surface area contributed by atoms with E-state index in [0.29, 0.717) is 30.9 Å². The van der Waals surface area contributed by atoms with E-state index in [4.69, 9.17) is 14.6 Å². The number of hydrogen-bond donors (Lipinski definition) is 6. The predicted octanol–water partition coefficient (Wildman–Crippen LogP) is 3.57. The highest BCUT2D eigenvalue weighted by atomic mass is 19.4. The van der Waals surface area contributed by atoms with E-state index in [1.807, 2.05) is 84.9 Å². The molecular formula is C28H32F3N3O6. The van der Waals surface area contributed by atoms with Crippen molar-refractivity contribution < 1.29 is 42.8 Å². The first-order chi connectivity index (χ1) is 19.1. The molecule has 0 aliphatic heterocycles. The Balaban J connectivity index is 0.000000708. The molecule has 12 heteroatoms. The number of halogens is 3. The highest BCUT2D eigenvalue weighted by Gasteiger charge is 2.38. The fourth-order valence-electron chi connectivity index (χ4n) is 3.23. The number of carboxylic acid groups (broad SMARTS) is 1. The highest BCUT2D eigenvalue weighted by molar-refractivity contribution is 5.89. The molecule has 6 N–H and O–H groups in total. The molecule has 0 bridgehead atoms. The highest BCUT2D eigenvalue weighted by Crippen LogP contribution is 2.13. The second kappa shape index (κ2) is 16.7. The number of aliphatic carboxylic acids is 1.